The maximum Gasteiger partial charge on any atom is 0.216 e. The summed E-state index contributed by atoms with van der Waals surface area (Å²) in [6.07, 6.45) is 1.82. The van der Waals surface area contributed by atoms with Gasteiger partial charge in [0, 0.05) is 17.7 Å². The molecule has 0 atom stereocenters. The first kappa shape index (κ1) is 16.5. The van der Waals surface area contributed by atoms with Gasteiger partial charge >= 0.3 is 0 Å². The monoisotopic (exact) mass is 313 g/mol. The van der Waals surface area contributed by atoms with Crippen LogP contribution in [0.2, 0.25) is 0 Å². The predicted molar refractivity (Wildman–Crippen MR) is 88.3 cm³/mol. The number of benzene rings is 1. The van der Waals surface area contributed by atoms with Gasteiger partial charge in [-0.25, -0.2) is 0 Å². The molecule has 0 unspecified atom stereocenters. The number of carbonyl (C=O) groups is 1. The van der Waals surface area contributed by atoms with Crippen molar-refractivity contribution in [3.05, 3.63) is 53.1 Å². The lowest BCUT2D eigenvalue weighted by atomic mass is 10.0. The summed E-state index contributed by atoms with van der Waals surface area (Å²) >= 11 is 0. The van der Waals surface area contributed by atoms with Gasteiger partial charge in [-0.2, -0.15) is 4.98 Å². The third-order valence-corrected chi connectivity index (χ3v) is 3.32. The summed E-state index contributed by atoms with van der Waals surface area (Å²) in [6, 6.07) is 10.7. The zero-order valence-electron chi connectivity index (χ0n) is 13.6. The van der Waals surface area contributed by atoms with Crippen LogP contribution in [0.3, 0.4) is 0 Å². The highest BCUT2D eigenvalue weighted by Gasteiger charge is 2.12. The average Bonchev–Trinajstić information content (AvgIpc) is 2.61. The third kappa shape index (κ3) is 4.10. The molecule has 0 fully saturated rings. The molecule has 0 spiro atoms. The van der Waals surface area contributed by atoms with Crippen LogP contribution in [0, 0.1) is 0 Å². The number of nitrogens with zero attached hydrogens (tertiary/aromatic N) is 1. The van der Waals surface area contributed by atoms with E-state index in [-0.39, 0.29) is 5.78 Å². The van der Waals surface area contributed by atoms with Gasteiger partial charge in [-0.3, -0.25) is 4.79 Å². The molecule has 0 saturated carbocycles. The Hall–Kier alpha value is -2.82. The fourth-order valence-electron chi connectivity index (χ4n) is 2.06. The Balaban J connectivity index is 2.29. The smallest absolute Gasteiger partial charge is 0.216 e. The molecule has 0 amide bonds. The van der Waals surface area contributed by atoms with Crippen molar-refractivity contribution < 1.29 is 19.0 Å². The van der Waals surface area contributed by atoms with Gasteiger partial charge in [0.1, 0.15) is 5.75 Å². The maximum atomic E-state index is 12.6. The molecule has 2 rings (SSSR count). The quantitative estimate of drug-likeness (QED) is 0.604. The van der Waals surface area contributed by atoms with Crippen LogP contribution in [-0.4, -0.2) is 32.1 Å². The zero-order valence-corrected chi connectivity index (χ0v) is 13.6. The first-order valence-corrected chi connectivity index (χ1v) is 7.04. The summed E-state index contributed by atoms with van der Waals surface area (Å²) < 4.78 is 15.3. The molecule has 0 saturated heterocycles. The van der Waals surface area contributed by atoms with Gasteiger partial charge in [0.2, 0.25) is 11.8 Å². The van der Waals surface area contributed by atoms with Crippen molar-refractivity contribution in [1.29, 1.82) is 0 Å². The molecule has 1 aromatic heterocycles. The number of ketones is 1. The van der Waals surface area contributed by atoms with Crippen LogP contribution in [-0.2, 0) is 0 Å². The highest BCUT2D eigenvalue weighted by molar-refractivity contribution is 6.11. The number of rotatable bonds is 6. The fourth-order valence-corrected chi connectivity index (χ4v) is 2.06. The molecule has 120 valence electrons. The van der Waals surface area contributed by atoms with E-state index >= 15 is 0 Å². The van der Waals surface area contributed by atoms with E-state index in [2.05, 4.69) is 4.98 Å². The summed E-state index contributed by atoms with van der Waals surface area (Å²) in [6.45, 7) is 1.77. The molecule has 1 aromatic carbocycles. The van der Waals surface area contributed by atoms with Gasteiger partial charge in [-0.1, -0.05) is 12.1 Å². The van der Waals surface area contributed by atoms with Crippen molar-refractivity contribution >= 4 is 11.9 Å². The second kappa shape index (κ2) is 7.45. The second-order valence-electron chi connectivity index (χ2n) is 4.87. The Morgan fingerprint density at radius 2 is 1.52 bits per heavy atom. The van der Waals surface area contributed by atoms with E-state index in [0.717, 1.165) is 11.3 Å². The summed E-state index contributed by atoms with van der Waals surface area (Å²) in [7, 11) is 4.61. The van der Waals surface area contributed by atoms with Crippen molar-refractivity contribution in [2.75, 3.05) is 21.3 Å². The number of carbonyl (C=O) groups excluding carboxylic acids is 1. The van der Waals surface area contributed by atoms with E-state index in [0.29, 0.717) is 22.9 Å². The van der Waals surface area contributed by atoms with Crippen LogP contribution in [0.4, 0.5) is 0 Å². The van der Waals surface area contributed by atoms with Crippen LogP contribution >= 0.6 is 0 Å². The molecule has 23 heavy (non-hydrogen) atoms. The number of hydrogen-bond acceptors (Lipinski definition) is 5. The lowest BCUT2D eigenvalue weighted by molar-refractivity contribution is 0.103. The van der Waals surface area contributed by atoms with E-state index in [4.69, 9.17) is 14.2 Å². The van der Waals surface area contributed by atoms with Crippen LogP contribution < -0.4 is 14.2 Å². The lowest BCUT2D eigenvalue weighted by Crippen LogP contribution is -2.03. The number of Topliss-reactive ketones (excluding diaryl/α,β-unsaturated/α-hetero) is 1. The van der Waals surface area contributed by atoms with E-state index < -0.39 is 0 Å². The van der Waals surface area contributed by atoms with Crippen LogP contribution in [0.15, 0.2) is 42.0 Å². The highest BCUT2D eigenvalue weighted by Crippen LogP contribution is 2.21. The van der Waals surface area contributed by atoms with Crippen LogP contribution in [0.25, 0.3) is 6.08 Å². The predicted octanol–water partition coefficient (Wildman–Crippen LogP) is 3.39. The molecule has 0 bridgehead atoms. The minimum atomic E-state index is -0.111. The Morgan fingerprint density at radius 3 is 2.00 bits per heavy atom. The van der Waals surface area contributed by atoms with Gasteiger partial charge in [0.05, 0.1) is 21.3 Å². The Bertz CT molecular complexity index is 698. The molecular formula is C18H19NO4. The number of methoxy groups -OCH3 is 3. The van der Waals surface area contributed by atoms with Crippen molar-refractivity contribution in [3.8, 4) is 17.5 Å². The summed E-state index contributed by atoms with van der Waals surface area (Å²) in [5.74, 6) is 1.34. The Morgan fingerprint density at radius 1 is 0.957 bits per heavy atom. The largest absolute Gasteiger partial charge is 0.497 e. The molecule has 2 aromatic rings. The van der Waals surface area contributed by atoms with Crippen molar-refractivity contribution in [1.82, 2.24) is 4.98 Å². The van der Waals surface area contributed by atoms with Crippen molar-refractivity contribution in [2.24, 2.45) is 0 Å². The second-order valence-corrected chi connectivity index (χ2v) is 4.87. The maximum absolute atomic E-state index is 12.6. The summed E-state index contributed by atoms with van der Waals surface area (Å²) in [4.78, 5) is 16.7. The molecule has 0 radical (unpaired) electrons. The van der Waals surface area contributed by atoms with E-state index in [1.54, 1.807) is 26.2 Å². The topological polar surface area (TPSA) is 57.7 Å². The lowest BCUT2D eigenvalue weighted by Gasteiger charge is -2.07. The SMILES string of the molecule is COc1ccc(/C=C(\C)C(=O)c2cc(OC)nc(OC)c2)cc1. The molecular weight excluding hydrogens is 294 g/mol. The highest BCUT2D eigenvalue weighted by atomic mass is 16.5. The van der Waals surface area contributed by atoms with Crippen molar-refractivity contribution in [3.63, 3.8) is 0 Å². The van der Waals surface area contributed by atoms with Gasteiger partial charge in [-0.15, -0.1) is 0 Å². The van der Waals surface area contributed by atoms with Gasteiger partial charge < -0.3 is 14.2 Å². The summed E-state index contributed by atoms with van der Waals surface area (Å²) in [5, 5.41) is 0. The summed E-state index contributed by atoms with van der Waals surface area (Å²) in [5.41, 5.74) is 1.99. The first-order valence-electron chi connectivity index (χ1n) is 7.04. The van der Waals surface area contributed by atoms with Crippen LogP contribution in [0.5, 0.6) is 17.5 Å². The van der Waals surface area contributed by atoms with E-state index in [9.17, 15) is 4.79 Å². The molecule has 0 N–H and O–H groups in total. The van der Waals surface area contributed by atoms with Crippen molar-refractivity contribution in [2.45, 2.75) is 6.92 Å². The van der Waals surface area contributed by atoms with Gasteiger partial charge in [-0.05, 0) is 36.3 Å². The van der Waals surface area contributed by atoms with E-state index in [1.807, 2.05) is 30.3 Å². The molecule has 0 aliphatic carbocycles. The fraction of sp³-hybridized carbons (Fsp3) is 0.222. The standard InChI is InChI=1S/C18H19NO4/c1-12(9-13-5-7-15(21-2)8-6-13)18(20)14-10-16(22-3)19-17(11-14)23-4/h5-11H,1-4H3/b12-9+. The number of allylic oxidation sites excluding steroid dienone is 1. The van der Waals surface area contributed by atoms with Crippen LogP contribution in [0.1, 0.15) is 22.8 Å². The minimum absolute atomic E-state index is 0.111. The Labute approximate surface area is 135 Å². The first-order chi connectivity index (χ1) is 11.1. The van der Waals surface area contributed by atoms with Gasteiger partial charge in [0.25, 0.3) is 0 Å². The number of pyridine rings is 1. The van der Waals surface area contributed by atoms with E-state index in [1.165, 1.54) is 14.2 Å². The third-order valence-electron chi connectivity index (χ3n) is 3.32. The Kier molecular flexibility index (Phi) is 5.36. The molecule has 0 aliphatic rings. The minimum Gasteiger partial charge on any atom is -0.497 e. The molecule has 0 aliphatic heterocycles. The number of aromatic nitrogens is 1. The number of ether oxygens (including phenoxy) is 3. The average molecular weight is 313 g/mol. The number of hydrogen-bond donors (Lipinski definition) is 0. The molecule has 5 nitrogen and oxygen atoms in total. The molecule has 5 heteroatoms. The normalized spacial score (nSPS) is 11.0. The van der Waals surface area contributed by atoms with Gasteiger partial charge in [0.15, 0.2) is 5.78 Å². The molecule has 1 heterocycles. The zero-order chi connectivity index (χ0) is 16.8.